The van der Waals surface area contributed by atoms with Gasteiger partial charge in [-0.05, 0) is 0 Å². The van der Waals surface area contributed by atoms with E-state index in [1.165, 1.54) is 30.4 Å². The molecule has 0 amide bonds. The maximum Gasteiger partial charge on any atom is 4.00 e. The van der Waals surface area contributed by atoms with E-state index in [0.29, 0.717) is 0 Å². The molecule has 0 aliphatic heterocycles. The van der Waals surface area contributed by atoms with Crippen LogP contribution >= 0.6 is 0 Å². The molecule has 0 heterocycles. The van der Waals surface area contributed by atoms with Crippen LogP contribution in [-0.4, -0.2) is 0 Å². The molecule has 0 bridgehead atoms. The van der Waals surface area contributed by atoms with E-state index < -0.39 is 0 Å². The maximum absolute atomic E-state index is 2.23. The van der Waals surface area contributed by atoms with E-state index in [0.717, 1.165) is 0 Å². The van der Waals surface area contributed by atoms with Crippen LogP contribution in [0.15, 0.2) is 18.2 Å². The van der Waals surface area contributed by atoms with Crippen LogP contribution in [-0.2, 0) is 25.0 Å². The average molecular weight is 293 g/mol. The molecule has 0 atom stereocenters. The van der Waals surface area contributed by atoms with E-state index in [1.807, 2.05) is 0 Å². The molecule has 0 spiro atoms. The Morgan fingerprint density at radius 3 is 2.14 bits per heavy atom. The summed E-state index contributed by atoms with van der Waals surface area (Å²) in [5, 5.41) is 0. The van der Waals surface area contributed by atoms with Crippen LogP contribution in [0.2, 0.25) is 0 Å². The Morgan fingerprint density at radius 1 is 1.21 bits per heavy atom. The van der Waals surface area contributed by atoms with Gasteiger partial charge in [-0.3, -0.25) is 0 Å². The van der Waals surface area contributed by atoms with Gasteiger partial charge in [-0.15, -0.1) is 0 Å². The Labute approximate surface area is 118 Å². The Bertz CT molecular complexity index is 199. The zero-order valence-electron chi connectivity index (χ0n) is 8.43. The number of unbranched alkanes of at least 4 members (excludes halogenated alkanes) is 1. The fraction of sp³-hybridized carbons (Fsp3) is 0.500. The van der Waals surface area contributed by atoms with Gasteiger partial charge in [0.25, 0.3) is 0 Å². The van der Waals surface area contributed by atoms with Crippen molar-refractivity contribution < 1.29 is 55.8 Å². The molecule has 0 fully saturated rings. The molecule has 1 radical (unpaired) electrons. The molecular weight excluding hydrogens is 277 g/mol. The van der Waals surface area contributed by atoms with Gasteiger partial charge in [0.05, 0.1) is 0 Å². The summed E-state index contributed by atoms with van der Waals surface area (Å²) >= 11 is 0. The molecule has 0 aliphatic carbocycles. The van der Waals surface area contributed by atoms with Gasteiger partial charge < -0.3 is 37.2 Å². The van der Waals surface area contributed by atoms with Crippen LogP contribution < -0.4 is 37.2 Å². The second-order valence-corrected chi connectivity index (χ2v) is 2.84. The molecule has 0 saturated heterocycles. The first-order valence-electron chi connectivity index (χ1n) is 4.05. The molecule has 0 unspecified atom stereocenters. The van der Waals surface area contributed by atoms with Gasteiger partial charge in [-0.1, -0.05) is 33.1 Å². The van der Waals surface area contributed by atoms with E-state index in [1.54, 1.807) is 0 Å². The third-order valence-electron chi connectivity index (χ3n) is 1.95. The van der Waals surface area contributed by atoms with Gasteiger partial charge in [0.1, 0.15) is 0 Å². The topological polar surface area (TPSA) is 0 Å². The summed E-state index contributed by atoms with van der Waals surface area (Å²) in [5.74, 6) is 0. The number of hydrogen-bond donors (Lipinski definition) is 0. The summed E-state index contributed by atoms with van der Waals surface area (Å²) in [6, 6.07) is 6.55. The molecule has 0 saturated carbocycles. The van der Waals surface area contributed by atoms with Crippen molar-refractivity contribution in [3.8, 4) is 0 Å². The molecule has 1 aromatic rings. The second-order valence-electron chi connectivity index (χ2n) is 2.84. The maximum atomic E-state index is 2.23. The monoisotopic (exact) mass is 291 g/mol. The van der Waals surface area contributed by atoms with E-state index in [4.69, 9.17) is 0 Å². The molecule has 0 nitrogen and oxygen atoms in total. The summed E-state index contributed by atoms with van der Waals surface area (Å²) in [6.07, 6.45) is 3.88. The molecule has 1 rings (SSSR count). The van der Waals surface area contributed by atoms with E-state index in [2.05, 4.69) is 32.0 Å². The van der Waals surface area contributed by atoms with Gasteiger partial charge in [-0.25, -0.2) is 12.1 Å². The summed E-state index contributed by atoms with van der Waals surface area (Å²) in [7, 11) is 0. The van der Waals surface area contributed by atoms with Gasteiger partial charge in [-0.2, -0.15) is 17.2 Å². The standard InChI is InChI=1S/C10H15.3ClH.V/c1-3-4-7-10-8-5-6-9(10)2;;;;/h5-6,8H,3-4,7H2,1-2H3;3*1H;/q-1;;;;+4/p-3. The Balaban J connectivity index is -0.000000125. The van der Waals surface area contributed by atoms with Crippen LogP contribution in [0.25, 0.3) is 0 Å². The summed E-state index contributed by atoms with van der Waals surface area (Å²) in [4.78, 5) is 0. The van der Waals surface area contributed by atoms with Crippen molar-refractivity contribution >= 4 is 0 Å². The Morgan fingerprint density at radius 2 is 1.79 bits per heavy atom. The van der Waals surface area contributed by atoms with Crippen molar-refractivity contribution in [1.82, 2.24) is 0 Å². The Hall–Kier alpha value is 0.804. The minimum atomic E-state index is 0. The molecular formula is C10H15Cl3V. The fourth-order valence-electron chi connectivity index (χ4n) is 1.19. The largest absolute Gasteiger partial charge is 4.00 e. The zero-order chi connectivity index (χ0) is 7.40. The van der Waals surface area contributed by atoms with Gasteiger partial charge in [0, 0.05) is 0 Å². The van der Waals surface area contributed by atoms with Gasteiger partial charge in [0.2, 0.25) is 0 Å². The van der Waals surface area contributed by atoms with E-state index in [9.17, 15) is 0 Å². The zero-order valence-corrected chi connectivity index (χ0v) is 12.1. The molecule has 0 aromatic heterocycles. The van der Waals surface area contributed by atoms with E-state index >= 15 is 0 Å². The van der Waals surface area contributed by atoms with Crippen LogP contribution in [0, 0.1) is 6.92 Å². The first-order chi connectivity index (χ1) is 4.84. The minimum Gasteiger partial charge on any atom is -1.00 e. The number of aryl methyl sites for hydroxylation is 2. The summed E-state index contributed by atoms with van der Waals surface area (Å²) in [5.41, 5.74) is 2.98. The van der Waals surface area contributed by atoms with Gasteiger partial charge in [0.15, 0.2) is 0 Å². The van der Waals surface area contributed by atoms with Crippen molar-refractivity contribution in [1.29, 1.82) is 0 Å². The molecule has 14 heavy (non-hydrogen) atoms. The van der Waals surface area contributed by atoms with Crippen molar-refractivity contribution in [2.75, 3.05) is 0 Å². The van der Waals surface area contributed by atoms with Crippen molar-refractivity contribution in [2.24, 2.45) is 0 Å². The third kappa shape index (κ3) is 8.14. The van der Waals surface area contributed by atoms with Crippen LogP contribution in [0.1, 0.15) is 30.9 Å². The van der Waals surface area contributed by atoms with Crippen molar-refractivity contribution in [3.63, 3.8) is 0 Å². The first-order valence-corrected chi connectivity index (χ1v) is 4.05. The molecule has 4 heteroatoms. The smallest absolute Gasteiger partial charge is 1.00 e. The van der Waals surface area contributed by atoms with Crippen molar-refractivity contribution in [2.45, 2.75) is 33.1 Å². The predicted octanol–water partition coefficient (Wildman–Crippen LogP) is -5.93. The molecule has 1 aromatic carbocycles. The SMILES string of the molecule is CCCC[c-]1cccc1C.[Cl-].[Cl-].[Cl-].[V+4]. The van der Waals surface area contributed by atoms with Gasteiger partial charge >= 0.3 is 18.6 Å². The van der Waals surface area contributed by atoms with Crippen LogP contribution in [0.4, 0.5) is 0 Å². The normalized spacial score (nSPS) is 7.29. The first kappa shape index (κ1) is 24.2. The van der Waals surface area contributed by atoms with Crippen LogP contribution in [0.3, 0.4) is 0 Å². The molecule has 0 aliphatic rings. The average Bonchev–Trinajstić information content (AvgIpc) is 2.31. The van der Waals surface area contributed by atoms with Crippen LogP contribution in [0.5, 0.6) is 0 Å². The van der Waals surface area contributed by atoms with E-state index in [-0.39, 0.29) is 55.8 Å². The Kier molecular flexibility index (Phi) is 23.8. The fourth-order valence-corrected chi connectivity index (χ4v) is 1.19. The quantitative estimate of drug-likeness (QED) is 0.487. The number of hydrogen-bond acceptors (Lipinski definition) is 0. The minimum absolute atomic E-state index is 0. The molecule has 0 N–H and O–H groups in total. The molecule has 81 valence electrons. The third-order valence-corrected chi connectivity index (χ3v) is 1.95. The predicted molar refractivity (Wildman–Crippen MR) is 45.4 cm³/mol. The van der Waals surface area contributed by atoms with Crippen molar-refractivity contribution in [3.05, 3.63) is 29.3 Å². The summed E-state index contributed by atoms with van der Waals surface area (Å²) < 4.78 is 0. The number of halogens is 3. The second kappa shape index (κ2) is 13.8. The number of rotatable bonds is 3. The summed E-state index contributed by atoms with van der Waals surface area (Å²) in [6.45, 7) is 4.42.